The standard InChI is InChI=1S/C32H44ClN3O3/c1-3-35(31(37)23-26-11-6-4-7-12-26)27-17-21-34(22-18-27)19-10-20-36(28-16-15-25(2)30(33)24-28)32(38)39-29-13-8-5-9-14-29/h4,6-7,11-12,15-16,24,27,29H,3,5,8-10,13-14,17-23H2,1-2H3. The number of hydrogen-bond donors (Lipinski definition) is 0. The summed E-state index contributed by atoms with van der Waals surface area (Å²) >= 11 is 6.41. The minimum absolute atomic E-state index is 0.0137. The number of ether oxygens (including phenoxy) is 1. The zero-order chi connectivity index (χ0) is 27.6. The number of carbonyl (C=O) groups excluding carboxylic acids is 2. The molecule has 0 radical (unpaired) electrons. The van der Waals surface area contributed by atoms with Gasteiger partial charge in [0.2, 0.25) is 5.91 Å². The Labute approximate surface area is 239 Å². The monoisotopic (exact) mass is 553 g/mol. The van der Waals surface area contributed by atoms with Gasteiger partial charge in [0, 0.05) is 42.9 Å². The van der Waals surface area contributed by atoms with Gasteiger partial charge in [-0.1, -0.05) is 54.4 Å². The van der Waals surface area contributed by atoms with Gasteiger partial charge in [-0.05, 0) is 88.6 Å². The van der Waals surface area contributed by atoms with Gasteiger partial charge in [0.1, 0.15) is 6.10 Å². The first kappa shape index (κ1) is 29.4. The van der Waals surface area contributed by atoms with Crippen LogP contribution in [-0.2, 0) is 16.0 Å². The summed E-state index contributed by atoms with van der Waals surface area (Å²) in [4.78, 5) is 32.5. The summed E-state index contributed by atoms with van der Waals surface area (Å²) in [5, 5.41) is 0.660. The Morgan fingerprint density at radius 1 is 1.00 bits per heavy atom. The number of aryl methyl sites for hydroxylation is 1. The third-order valence-corrected chi connectivity index (χ3v) is 8.63. The second-order valence-electron chi connectivity index (χ2n) is 11.0. The SMILES string of the molecule is CCN(C(=O)Cc1ccccc1)C1CCN(CCCN(C(=O)OC2CCCCC2)c2ccc(C)c(Cl)c2)CC1. The number of nitrogens with zero attached hydrogens (tertiary/aromatic N) is 3. The highest BCUT2D eigenvalue weighted by Gasteiger charge is 2.28. The van der Waals surface area contributed by atoms with Crippen LogP contribution < -0.4 is 4.90 Å². The van der Waals surface area contributed by atoms with Crippen LogP contribution in [0.2, 0.25) is 5.02 Å². The molecule has 6 nitrogen and oxygen atoms in total. The molecule has 0 atom stereocenters. The minimum Gasteiger partial charge on any atom is -0.446 e. The average Bonchev–Trinajstić information content (AvgIpc) is 2.95. The maximum absolute atomic E-state index is 13.2. The predicted octanol–water partition coefficient (Wildman–Crippen LogP) is 6.87. The maximum atomic E-state index is 13.2. The topological polar surface area (TPSA) is 53.1 Å². The van der Waals surface area contributed by atoms with Gasteiger partial charge in [0.25, 0.3) is 0 Å². The summed E-state index contributed by atoms with van der Waals surface area (Å²) in [6.45, 7) is 8.20. The highest BCUT2D eigenvalue weighted by Crippen LogP contribution is 2.27. The van der Waals surface area contributed by atoms with E-state index in [0.717, 1.165) is 87.9 Å². The number of likely N-dealkylation sites (N-methyl/N-ethyl adjacent to an activating group) is 1. The summed E-state index contributed by atoms with van der Waals surface area (Å²) in [5.74, 6) is 0.214. The van der Waals surface area contributed by atoms with Gasteiger partial charge in [-0.25, -0.2) is 4.79 Å². The Morgan fingerprint density at radius 3 is 2.38 bits per heavy atom. The molecule has 0 bridgehead atoms. The number of benzene rings is 2. The van der Waals surface area contributed by atoms with Crippen molar-refractivity contribution in [2.75, 3.05) is 37.6 Å². The maximum Gasteiger partial charge on any atom is 0.414 e. The summed E-state index contributed by atoms with van der Waals surface area (Å²) in [6.07, 6.45) is 8.39. The van der Waals surface area contributed by atoms with E-state index >= 15 is 0 Å². The third-order valence-electron chi connectivity index (χ3n) is 8.22. The molecule has 0 N–H and O–H groups in total. The van der Waals surface area contributed by atoms with Gasteiger partial charge in [-0.2, -0.15) is 0 Å². The van der Waals surface area contributed by atoms with Crippen molar-refractivity contribution in [3.8, 4) is 0 Å². The second kappa shape index (κ2) is 14.7. The van der Waals surface area contributed by atoms with E-state index in [1.165, 1.54) is 6.42 Å². The lowest BCUT2D eigenvalue weighted by Crippen LogP contribution is -2.48. The first-order chi connectivity index (χ1) is 18.9. The molecule has 212 valence electrons. The Kier molecular flexibility index (Phi) is 11.1. The van der Waals surface area contributed by atoms with Crippen molar-refractivity contribution in [3.63, 3.8) is 0 Å². The van der Waals surface area contributed by atoms with Gasteiger partial charge in [-0.3, -0.25) is 9.69 Å². The molecular formula is C32H44ClN3O3. The van der Waals surface area contributed by atoms with Crippen molar-refractivity contribution in [2.45, 2.75) is 83.8 Å². The van der Waals surface area contributed by atoms with Crippen LogP contribution in [-0.4, -0.2) is 66.7 Å². The van der Waals surface area contributed by atoms with Crippen LogP contribution in [0.15, 0.2) is 48.5 Å². The molecule has 0 spiro atoms. The molecule has 2 aliphatic rings. The number of piperidine rings is 1. The average molecular weight is 554 g/mol. The molecule has 39 heavy (non-hydrogen) atoms. The Hall–Kier alpha value is -2.57. The van der Waals surface area contributed by atoms with Crippen molar-refractivity contribution in [3.05, 3.63) is 64.7 Å². The molecule has 2 aromatic rings. The highest BCUT2D eigenvalue weighted by atomic mass is 35.5. The van der Waals surface area contributed by atoms with Crippen molar-refractivity contribution >= 4 is 29.3 Å². The molecule has 1 aliphatic carbocycles. The van der Waals surface area contributed by atoms with Crippen LogP contribution in [0.5, 0.6) is 0 Å². The zero-order valence-electron chi connectivity index (χ0n) is 23.6. The molecule has 1 heterocycles. The minimum atomic E-state index is -0.268. The van der Waals surface area contributed by atoms with E-state index < -0.39 is 0 Å². The molecule has 1 saturated heterocycles. The molecular weight excluding hydrogens is 510 g/mol. The Balaban J connectivity index is 1.28. The normalized spacial score (nSPS) is 17.1. The van der Waals surface area contributed by atoms with Crippen molar-refractivity contribution < 1.29 is 14.3 Å². The smallest absolute Gasteiger partial charge is 0.414 e. The van der Waals surface area contributed by atoms with Gasteiger partial charge >= 0.3 is 6.09 Å². The fourth-order valence-corrected chi connectivity index (χ4v) is 6.06. The molecule has 1 saturated carbocycles. The number of hydrogen-bond acceptors (Lipinski definition) is 4. The number of anilines is 1. The van der Waals surface area contributed by atoms with E-state index in [-0.39, 0.29) is 18.1 Å². The second-order valence-corrected chi connectivity index (χ2v) is 11.4. The van der Waals surface area contributed by atoms with E-state index in [2.05, 4.69) is 16.7 Å². The van der Waals surface area contributed by atoms with E-state index in [0.29, 0.717) is 24.0 Å². The molecule has 2 fully saturated rings. The quantitative estimate of drug-likeness (QED) is 0.322. The first-order valence-electron chi connectivity index (χ1n) is 14.7. The van der Waals surface area contributed by atoms with Crippen molar-refractivity contribution in [2.24, 2.45) is 0 Å². The lowest BCUT2D eigenvalue weighted by Gasteiger charge is -2.38. The fourth-order valence-electron chi connectivity index (χ4n) is 5.88. The van der Waals surface area contributed by atoms with E-state index in [9.17, 15) is 9.59 Å². The zero-order valence-corrected chi connectivity index (χ0v) is 24.4. The summed E-state index contributed by atoms with van der Waals surface area (Å²) in [5.41, 5.74) is 2.85. The Morgan fingerprint density at radius 2 is 1.72 bits per heavy atom. The van der Waals surface area contributed by atoms with E-state index in [4.69, 9.17) is 16.3 Å². The number of amides is 2. The molecule has 0 unspecified atom stereocenters. The van der Waals surface area contributed by atoms with Crippen LogP contribution in [0.3, 0.4) is 0 Å². The van der Waals surface area contributed by atoms with Crippen LogP contribution in [0.4, 0.5) is 10.5 Å². The van der Waals surface area contributed by atoms with Gasteiger partial charge in [0.15, 0.2) is 0 Å². The predicted molar refractivity (Wildman–Crippen MR) is 159 cm³/mol. The van der Waals surface area contributed by atoms with Crippen LogP contribution >= 0.6 is 11.6 Å². The van der Waals surface area contributed by atoms with Crippen molar-refractivity contribution in [1.29, 1.82) is 0 Å². The molecule has 2 aromatic carbocycles. The third kappa shape index (κ3) is 8.46. The lowest BCUT2D eigenvalue weighted by molar-refractivity contribution is -0.133. The van der Waals surface area contributed by atoms with E-state index in [1.807, 2.05) is 55.5 Å². The van der Waals surface area contributed by atoms with Gasteiger partial charge in [0.05, 0.1) is 6.42 Å². The van der Waals surface area contributed by atoms with Crippen molar-refractivity contribution in [1.82, 2.24) is 9.80 Å². The molecule has 1 aliphatic heterocycles. The summed E-state index contributed by atoms with van der Waals surface area (Å²) in [7, 11) is 0. The molecule has 4 rings (SSSR count). The number of carbonyl (C=O) groups is 2. The molecule has 7 heteroatoms. The van der Waals surface area contributed by atoms with Crippen LogP contribution in [0, 0.1) is 6.92 Å². The lowest BCUT2D eigenvalue weighted by atomic mass is 9.98. The number of likely N-dealkylation sites (tertiary alicyclic amines) is 1. The highest BCUT2D eigenvalue weighted by molar-refractivity contribution is 6.31. The fraction of sp³-hybridized carbons (Fsp3) is 0.562. The summed E-state index contributed by atoms with van der Waals surface area (Å²) in [6, 6.07) is 16.1. The van der Waals surface area contributed by atoms with Gasteiger partial charge < -0.3 is 14.5 Å². The molecule has 2 amide bonds. The van der Waals surface area contributed by atoms with Crippen LogP contribution in [0.25, 0.3) is 0 Å². The largest absolute Gasteiger partial charge is 0.446 e. The summed E-state index contributed by atoms with van der Waals surface area (Å²) < 4.78 is 5.93. The molecule has 0 aromatic heterocycles. The first-order valence-corrected chi connectivity index (χ1v) is 15.1. The van der Waals surface area contributed by atoms with Gasteiger partial charge in [-0.15, -0.1) is 0 Å². The van der Waals surface area contributed by atoms with E-state index in [1.54, 1.807) is 4.90 Å². The number of halogens is 1. The number of rotatable bonds is 10. The Bertz CT molecular complexity index is 1070. The van der Waals surface area contributed by atoms with Crippen LogP contribution in [0.1, 0.15) is 69.4 Å².